The Morgan fingerprint density at radius 1 is 1.00 bits per heavy atom. The van der Waals surface area contributed by atoms with Crippen molar-refractivity contribution in [3.8, 4) is 34.2 Å². The summed E-state index contributed by atoms with van der Waals surface area (Å²) in [5.41, 5.74) is 5.16. The smallest absolute Gasteiger partial charge is 0.333 e. The molecule has 3 N–H and O–H groups in total. The molecular formula is C37H42N4O6. The lowest BCUT2D eigenvalue weighted by molar-refractivity contribution is -0.145. The zero-order valence-corrected chi connectivity index (χ0v) is 27.4. The fraction of sp³-hybridized carbons (Fsp3) is 0.324. The number of nitrogens with one attached hydrogen (secondary N) is 1. The molecule has 3 aromatic rings. The Balaban J connectivity index is 1.47. The monoisotopic (exact) mass is 640 g/mol. The van der Waals surface area contributed by atoms with Gasteiger partial charge in [0.2, 0.25) is 11.8 Å². The minimum absolute atomic E-state index is 0.0777. The molecule has 0 spiro atoms. The summed E-state index contributed by atoms with van der Waals surface area (Å²) in [7, 11) is 1.74. The van der Waals surface area contributed by atoms with E-state index in [1.807, 2.05) is 58.0 Å². The Kier molecular flexibility index (Phi) is 9.35. The normalized spacial score (nSPS) is 12.3. The van der Waals surface area contributed by atoms with Crippen molar-refractivity contribution in [2.75, 3.05) is 32.0 Å². The summed E-state index contributed by atoms with van der Waals surface area (Å²) < 4.78 is 25.3. The maximum Gasteiger partial charge on any atom is 0.333 e. The fourth-order valence-electron chi connectivity index (χ4n) is 5.64. The number of carbonyl (C=O) groups is 2. The first-order valence-electron chi connectivity index (χ1n) is 16.9. The standard InChI is InChI=1S/C37H42N4O6/c1-6-38-29-21-31-27(19-23(29)3)36(28-20-24(4)30(39-7-2)22-32(28)46-31)25-13-10-11-14-26(25)37(45)40(5)18-12-8-9-15-35(44)47-41-33(42)16-17-34(41)43/h10-11,13-14,16-17,19-22,38,42-43H,6-9,12,15,18H2,1-5H3/i21D,22D. The highest BCUT2D eigenvalue weighted by Crippen LogP contribution is 2.43. The van der Waals surface area contributed by atoms with Crippen molar-refractivity contribution in [3.63, 3.8) is 0 Å². The SMILES string of the molecule is [2H]c1c2oc3c([2H])c(NCC)c(C)cc3c(-c3ccccc3C(=O)N(C)CCCCCC(=O)On3c(O)ccc3O)c-2cc(C)c1=NCC. The number of nitrogens with zero attached hydrogens (tertiary/aromatic N) is 3. The molecule has 2 heterocycles. The average molecular weight is 641 g/mol. The zero-order valence-electron chi connectivity index (χ0n) is 29.4. The highest BCUT2D eigenvalue weighted by Gasteiger charge is 2.24. The number of hydrogen-bond acceptors (Lipinski definition) is 8. The lowest BCUT2D eigenvalue weighted by Gasteiger charge is -2.22. The van der Waals surface area contributed by atoms with Gasteiger partial charge >= 0.3 is 5.97 Å². The molecule has 10 heteroatoms. The van der Waals surface area contributed by atoms with Gasteiger partial charge in [-0.05, 0) is 75.4 Å². The molecule has 246 valence electrons. The Hall–Kier alpha value is -5.25. The second kappa shape index (κ2) is 14.5. The second-order valence-electron chi connectivity index (χ2n) is 11.5. The number of anilines is 1. The lowest BCUT2D eigenvalue weighted by Crippen LogP contribution is -2.28. The number of hydrogen-bond donors (Lipinski definition) is 3. The Morgan fingerprint density at radius 2 is 1.74 bits per heavy atom. The van der Waals surface area contributed by atoms with Gasteiger partial charge in [-0.1, -0.05) is 24.6 Å². The summed E-state index contributed by atoms with van der Waals surface area (Å²) in [5.74, 6) is -1.24. The number of unbranched alkanes of at least 4 members (excludes halogenated alkanes) is 2. The summed E-state index contributed by atoms with van der Waals surface area (Å²) in [5, 5.41) is 23.8. The minimum Gasteiger partial charge on any atom is -0.492 e. The molecule has 5 rings (SSSR count). The van der Waals surface area contributed by atoms with E-state index in [4.69, 9.17) is 12.0 Å². The van der Waals surface area contributed by atoms with Gasteiger partial charge in [-0.25, -0.2) is 4.79 Å². The lowest BCUT2D eigenvalue weighted by atomic mass is 9.89. The molecule has 2 aliphatic rings. The van der Waals surface area contributed by atoms with Crippen LogP contribution < -0.4 is 15.5 Å². The molecular weight excluding hydrogens is 596 g/mol. The van der Waals surface area contributed by atoms with Crippen LogP contribution in [0.5, 0.6) is 11.8 Å². The van der Waals surface area contributed by atoms with E-state index in [0.717, 1.165) is 11.1 Å². The van der Waals surface area contributed by atoms with Crippen molar-refractivity contribution in [2.24, 2.45) is 4.99 Å². The third kappa shape index (κ3) is 7.11. The Bertz CT molecular complexity index is 2050. The molecule has 2 aromatic carbocycles. The fourth-order valence-corrected chi connectivity index (χ4v) is 5.64. The quantitative estimate of drug-likeness (QED) is 0.103. The average Bonchev–Trinajstić information content (AvgIpc) is 3.39. The van der Waals surface area contributed by atoms with E-state index in [9.17, 15) is 19.8 Å². The molecule has 1 amide bonds. The maximum absolute atomic E-state index is 14.0. The van der Waals surface area contributed by atoms with E-state index in [-0.39, 0.29) is 36.2 Å². The van der Waals surface area contributed by atoms with Crippen LogP contribution >= 0.6 is 0 Å². The molecule has 47 heavy (non-hydrogen) atoms. The van der Waals surface area contributed by atoms with E-state index in [2.05, 4.69) is 10.3 Å². The number of aryl methyl sites for hydroxylation is 2. The first kappa shape index (κ1) is 30.4. The molecule has 0 radical (unpaired) electrons. The van der Waals surface area contributed by atoms with Gasteiger partial charge < -0.3 is 29.7 Å². The van der Waals surface area contributed by atoms with Crippen LogP contribution in [-0.4, -0.2) is 58.4 Å². The Morgan fingerprint density at radius 3 is 2.47 bits per heavy atom. The second-order valence-corrected chi connectivity index (χ2v) is 11.5. The van der Waals surface area contributed by atoms with Crippen molar-refractivity contribution < 1.29 is 31.8 Å². The van der Waals surface area contributed by atoms with E-state index in [1.54, 1.807) is 18.0 Å². The van der Waals surface area contributed by atoms with Crippen molar-refractivity contribution in [3.05, 3.63) is 82.7 Å². The van der Waals surface area contributed by atoms with Gasteiger partial charge in [-0.3, -0.25) is 9.79 Å². The van der Waals surface area contributed by atoms with Gasteiger partial charge in [0.15, 0.2) is 0 Å². The number of carbonyl (C=O) groups excluding carboxylic acids is 2. The number of fused-ring (bicyclic) bond motifs is 2. The van der Waals surface area contributed by atoms with Gasteiger partial charge in [-0.2, -0.15) is 0 Å². The molecule has 0 unspecified atom stereocenters. The molecule has 10 nitrogen and oxygen atoms in total. The summed E-state index contributed by atoms with van der Waals surface area (Å²) in [6.07, 6.45) is 1.85. The number of amides is 1. The van der Waals surface area contributed by atoms with Crippen LogP contribution in [0.25, 0.3) is 33.4 Å². The molecule has 0 fully saturated rings. The van der Waals surface area contributed by atoms with Crippen molar-refractivity contribution >= 4 is 28.5 Å². The van der Waals surface area contributed by atoms with Crippen LogP contribution in [0.3, 0.4) is 0 Å². The third-order valence-corrected chi connectivity index (χ3v) is 8.00. The molecule has 0 saturated carbocycles. The Labute approximate surface area is 277 Å². The van der Waals surface area contributed by atoms with Gasteiger partial charge in [0.05, 0.1) is 8.10 Å². The highest BCUT2D eigenvalue weighted by atomic mass is 16.7. The van der Waals surface area contributed by atoms with Gasteiger partial charge in [0.25, 0.3) is 5.91 Å². The highest BCUT2D eigenvalue weighted by molar-refractivity contribution is 6.09. The topological polar surface area (TPSA) is 130 Å². The molecule has 1 aromatic heterocycles. The summed E-state index contributed by atoms with van der Waals surface area (Å²) in [6.45, 7) is 9.29. The zero-order chi connectivity index (χ0) is 35.4. The van der Waals surface area contributed by atoms with Gasteiger partial charge in [0.1, 0.15) is 11.3 Å². The predicted octanol–water partition coefficient (Wildman–Crippen LogP) is 6.67. The molecule has 0 bridgehead atoms. The van der Waals surface area contributed by atoms with Crippen LogP contribution in [0, 0.1) is 13.8 Å². The van der Waals surface area contributed by atoms with Gasteiger partial charge in [0, 0.05) is 85.1 Å². The van der Waals surface area contributed by atoms with Crippen LogP contribution in [0.1, 0.15) is 63.8 Å². The van der Waals surface area contributed by atoms with Crippen molar-refractivity contribution in [2.45, 2.75) is 53.4 Å². The van der Waals surface area contributed by atoms with E-state index in [0.29, 0.717) is 93.7 Å². The molecule has 1 aliphatic carbocycles. The minimum atomic E-state index is -0.598. The van der Waals surface area contributed by atoms with Crippen LogP contribution in [0.15, 0.2) is 70.0 Å². The molecule has 1 aliphatic heterocycles. The van der Waals surface area contributed by atoms with Crippen LogP contribution in [0.4, 0.5) is 5.69 Å². The number of aromatic nitrogens is 1. The van der Waals surface area contributed by atoms with Crippen LogP contribution in [-0.2, 0) is 4.79 Å². The predicted molar refractivity (Wildman–Crippen MR) is 183 cm³/mol. The van der Waals surface area contributed by atoms with Crippen molar-refractivity contribution in [1.29, 1.82) is 0 Å². The summed E-state index contributed by atoms with van der Waals surface area (Å²) >= 11 is 0. The van der Waals surface area contributed by atoms with Crippen LogP contribution in [0.2, 0.25) is 0 Å². The van der Waals surface area contributed by atoms with Crippen molar-refractivity contribution in [1.82, 2.24) is 9.63 Å². The third-order valence-electron chi connectivity index (χ3n) is 8.00. The van der Waals surface area contributed by atoms with E-state index >= 15 is 0 Å². The largest absolute Gasteiger partial charge is 0.492 e. The first-order chi connectivity index (χ1) is 23.5. The van der Waals surface area contributed by atoms with E-state index in [1.165, 1.54) is 12.1 Å². The number of rotatable bonds is 12. The van der Waals surface area contributed by atoms with E-state index < -0.39 is 5.97 Å². The molecule has 0 atom stereocenters. The summed E-state index contributed by atoms with van der Waals surface area (Å²) in [6, 6.07) is 14.0. The number of aromatic hydroxyl groups is 2. The summed E-state index contributed by atoms with van der Waals surface area (Å²) in [4.78, 5) is 37.4. The first-order valence-corrected chi connectivity index (χ1v) is 15.9. The molecule has 0 saturated heterocycles. The van der Waals surface area contributed by atoms with Gasteiger partial charge in [-0.15, -0.1) is 4.73 Å². The maximum atomic E-state index is 14.0. The number of benzene rings is 3.